The summed E-state index contributed by atoms with van der Waals surface area (Å²) < 4.78 is 1.51. The fourth-order valence-electron chi connectivity index (χ4n) is 2.66. The van der Waals surface area contributed by atoms with Crippen molar-refractivity contribution in [2.24, 2.45) is 7.05 Å². The van der Waals surface area contributed by atoms with Crippen molar-refractivity contribution in [3.05, 3.63) is 58.8 Å². The highest BCUT2D eigenvalue weighted by molar-refractivity contribution is 5.49. The van der Waals surface area contributed by atoms with Crippen LogP contribution in [0.4, 0.5) is 5.69 Å². The first kappa shape index (κ1) is 12.0. The Morgan fingerprint density at radius 1 is 1.26 bits per heavy atom. The number of aromatic nitrogens is 2. The van der Waals surface area contributed by atoms with Gasteiger partial charge in [0.25, 0.3) is 5.56 Å². The molecule has 1 atom stereocenters. The average molecular weight is 255 g/mol. The summed E-state index contributed by atoms with van der Waals surface area (Å²) in [4.78, 5) is 18.5. The van der Waals surface area contributed by atoms with Gasteiger partial charge in [-0.15, -0.1) is 0 Å². The van der Waals surface area contributed by atoms with Crippen LogP contribution in [0.3, 0.4) is 0 Å². The first-order chi connectivity index (χ1) is 9.25. The summed E-state index contributed by atoms with van der Waals surface area (Å²) in [7, 11) is 1.72. The molecule has 2 heterocycles. The van der Waals surface area contributed by atoms with E-state index < -0.39 is 0 Å². The second-order valence-electron chi connectivity index (χ2n) is 4.95. The van der Waals surface area contributed by atoms with Crippen LogP contribution in [0.25, 0.3) is 0 Å². The van der Waals surface area contributed by atoms with E-state index in [0.717, 1.165) is 25.1 Å². The van der Waals surface area contributed by atoms with E-state index in [1.807, 2.05) is 18.2 Å². The maximum Gasteiger partial charge on any atom is 0.253 e. The predicted octanol–water partition coefficient (Wildman–Crippen LogP) is 2.12. The molecule has 4 nitrogen and oxygen atoms in total. The van der Waals surface area contributed by atoms with Gasteiger partial charge < -0.3 is 9.47 Å². The van der Waals surface area contributed by atoms with Crippen molar-refractivity contribution in [3.8, 4) is 0 Å². The Kier molecular flexibility index (Phi) is 3.07. The Hall–Kier alpha value is -2.10. The molecule has 1 unspecified atom stereocenters. The van der Waals surface area contributed by atoms with Crippen molar-refractivity contribution in [3.63, 3.8) is 0 Å². The van der Waals surface area contributed by atoms with Crippen LogP contribution in [-0.4, -0.2) is 16.1 Å². The van der Waals surface area contributed by atoms with E-state index in [9.17, 15) is 4.79 Å². The Morgan fingerprint density at radius 2 is 2.05 bits per heavy atom. The molecule has 1 aliphatic rings. The second-order valence-corrected chi connectivity index (χ2v) is 4.95. The van der Waals surface area contributed by atoms with Crippen LogP contribution in [0.2, 0.25) is 0 Å². The van der Waals surface area contributed by atoms with Crippen molar-refractivity contribution < 1.29 is 0 Å². The summed E-state index contributed by atoms with van der Waals surface area (Å²) in [6.45, 7) is 1.02. The first-order valence-corrected chi connectivity index (χ1v) is 6.60. The predicted molar refractivity (Wildman–Crippen MR) is 75.2 cm³/mol. The molecule has 1 aromatic carbocycles. The van der Waals surface area contributed by atoms with Gasteiger partial charge in [0.2, 0.25) is 0 Å². The molecule has 1 saturated heterocycles. The summed E-state index contributed by atoms with van der Waals surface area (Å²) >= 11 is 0. The molecule has 0 radical (unpaired) electrons. The molecular formula is C15H17N3O. The topological polar surface area (TPSA) is 38.1 Å². The Labute approximate surface area is 112 Å². The zero-order chi connectivity index (χ0) is 13.2. The molecule has 0 N–H and O–H groups in total. The van der Waals surface area contributed by atoms with Crippen LogP contribution in [0, 0.1) is 0 Å². The van der Waals surface area contributed by atoms with Crippen LogP contribution in [-0.2, 0) is 7.05 Å². The third-order valence-electron chi connectivity index (χ3n) is 3.68. The van der Waals surface area contributed by atoms with Gasteiger partial charge in [-0.1, -0.05) is 18.2 Å². The molecule has 3 rings (SSSR count). The number of para-hydroxylation sites is 1. The highest BCUT2D eigenvalue weighted by atomic mass is 16.1. The Bertz CT molecular complexity index is 621. The highest BCUT2D eigenvalue weighted by Crippen LogP contribution is 2.34. The normalized spacial score (nSPS) is 18.8. The molecule has 1 aromatic heterocycles. The van der Waals surface area contributed by atoms with Gasteiger partial charge in [0.15, 0.2) is 0 Å². The zero-order valence-electron chi connectivity index (χ0n) is 11.0. The monoisotopic (exact) mass is 255 g/mol. The van der Waals surface area contributed by atoms with Crippen molar-refractivity contribution in [1.29, 1.82) is 0 Å². The number of anilines is 1. The molecule has 19 heavy (non-hydrogen) atoms. The van der Waals surface area contributed by atoms with Crippen LogP contribution >= 0.6 is 0 Å². The van der Waals surface area contributed by atoms with Crippen LogP contribution < -0.4 is 10.5 Å². The number of rotatable bonds is 2. The molecule has 98 valence electrons. The SMILES string of the molecule is Cn1cnc(C2CCCN2c2ccccc2)cc1=O. The zero-order valence-corrected chi connectivity index (χ0v) is 11.0. The number of hydrogen-bond donors (Lipinski definition) is 0. The van der Waals surface area contributed by atoms with Crippen LogP contribution in [0.5, 0.6) is 0 Å². The summed E-state index contributed by atoms with van der Waals surface area (Å²) in [5, 5.41) is 0. The minimum atomic E-state index is 0.00455. The van der Waals surface area contributed by atoms with Gasteiger partial charge in [-0.3, -0.25) is 4.79 Å². The average Bonchev–Trinajstić information content (AvgIpc) is 2.92. The van der Waals surface area contributed by atoms with Gasteiger partial charge in [-0.05, 0) is 25.0 Å². The highest BCUT2D eigenvalue weighted by Gasteiger charge is 2.27. The molecule has 0 spiro atoms. The molecule has 0 amide bonds. The van der Waals surface area contributed by atoms with Crippen molar-refractivity contribution >= 4 is 5.69 Å². The molecule has 0 saturated carbocycles. The molecular weight excluding hydrogens is 238 g/mol. The van der Waals surface area contributed by atoms with E-state index in [0.29, 0.717) is 0 Å². The van der Waals surface area contributed by atoms with Crippen LogP contribution in [0.15, 0.2) is 47.5 Å². The van der Waals surface area contributed by atoms with E-state index in [4.69, 9.17) is 0 Å². The standard InChI is InChI=1S/C15H17N3O/c1-17-11-16-13(10-15(17)19)14-8-5-9-18(14)12-6-3-2-4-7-12/h2-4,6-7,10-11,14H,5,8-9H2,1H3. The third kappa shape index (κ3) is 2.26. The van der Waals surface area contributed by atoms with E-state index >= 15 is 0 Å². The van der Waals surface area contributed by atoms with Gasteiger partial charge in [0.05, 0.1) is 18.1 Å². The van der Waals surface area contributed by atoms with Gasteiger partial charge in [0.1, 0.15) is 0 Å². The van der Waals surface area contributed by atoms with E-state index in [2.05, 4.69) is 22.0 Å². The van der Waals surface area contributed by atoms with E-state index in [1.54, 1.807) is 19.4 Å². The fraction of sp³-hybridized carbons (Fsp3) is 0.333. The quantitative estimate of drug-likeness (QED) is 0.825. The smallest absolute Gasteiger partial charge is 0.253 e. The van der Waals surface area contributed by atoms with Gasteiger partial charge in [-0.25, -0.2) is 4.98 Å². The number of benzene rings is 1. The molecule has 0 aliphatic carbocycles. The number of hydrogen-bond acceptors (Lipinski definition) is 3. The molecule has 0 bridgehead atoms. The maximum absolute atomic E-state index is 11.7. The number of nitrogens with zero attached hydrogens (tertiary/aromatic N) is 3. The van der Waals surface area contributed by atoms with Crippen molar-refractivity contribution in [1.82, 2.24) is 9.55 Å². The fourth-order valence-corrected chi connectivity index (χ4v) is 2.66. The lowest BCUT2D eigenvalue weighted by molar-refractivity contribution is 0.675. The van der Waals surface area contributed by atoms with Crippen molar-refractivity contribution in [2.45, 2.75) is 18.9 Å². The largest absolute Gasteiger partial charge is 0.363 e. The Balaban J connectivity index is 1.95. The Morgan fingerprint density at radius 3 is 2.79 bits per heavy atom. The molecule has 1 aliphatic heterocycles. The second kappa shape index (κ2) is 4.88. The minimum Gasteiger partial charge on any atom is -0.363 e. The molecule has 2 aromatic rings. The van der Waals surface area contributed by atoms with Crippen LogP contribution in [0.1, 0.15) is 24.6 Å². The first-order valence-electron chi connectivity index (χ1n) is 6.60. The lowest BCUT2D eigenvalue weighted by atomic mass is 10.1. The van der Waals surface area contributed by atoms with Gasteiger partial charge >= 0.3 is 0 Å². The van der Waals surface area contributed by atoms with E-state index in [-0.39, 0.29) is 11.6 Å². The number of aryl methyl sites for hydroxylation is 1. The summed E-state index contributed by atoms with van der Waals surface area (Å²) in [6, 6.07) is 12.2. The third-order valence-corrected chi connectivity index (χ3v) is 3.68. The van der Waals surface area contributed by atoms with E-state index in [1.165, 1.54) is 10.3 Å². The van der Waals surface area contributed by atoms with Gasteiger partial charge in [-0.2, -0.15) is 0 Å². The van der Waals surface area contributed by atoms with Crippen molar-refractivity contribution in [2.75, 3.05) is 11.4 Å². The lowest BCUT2D eigenvalue weighted by Gasteiger charge is -2.26. The summed E-state index contributed by atoms with van der Waals surface area (Å²) in [5.74, 6) is 0. The molecule has 1 fully saturated rings. The lowest BCUT2D eigenvalue weighted by Crippen LogP contribution is -2.26. The van der Waals surface area contributed by atoms with Gasteiger partial charge in [0, 0.05) is 25.3 Å². The summed E-state index contributed by atoms with van der Waals surface area (Å²) in [6.07, 6.45) is 3.80. The summed E-state index contributed by atoms with van der Waals surface area (Å²) in [5.41, 5.74) is 2.09. The maximum atomic E-state index is 11.7. The molecule has 4 heteroatoms. The minimum absolute atomic E-state index is 0.00455.